The minimum atomic E-state index is 0.361. The van der Waals surface area contributed by atoms with Crippen molar-refractivity contribution in [2.24, 2.45) is 5.41 Å². The average molecular weight is 191 g/mol. The molecule has 0 aliphatic heterocycles. The van der Waals surface area contributed by atoms with Crippen LogP contribution in [0.3, 0.4) is 0 Å². The molecule has 1 heteroatoms. The minimum absolute atomic E-state index is 0.361. The zero-order valence-corrected chi connectivity index (χ0v) is 9.50. The topological polar surface area (TPSA) is 9.23 Å². The van der Waals surface area contributed by atoms with Crippen molar-refractivity contribution >= 4 is 0 Å². The van der Waals surface area contributed by atoms with Crippen molar-refractivity contribution < 1.29 is 4.74 Å². The van der Waals surface area contributed by atoms with Gasteiger partial charge in [0.1, 0.15) is 5.75 Å². The molecule has 0 aliphatic rings. The molecule has 1 nitrogen and oxygen atoms in total. The Bertz CT molecular complexity index is 266. The van der Waals surface area contributed by atoms with Gasteiger partial charge in [-0.25, -0.2) is 0 Å². The lowest BCUT2D eigenvalue weighted by Crippen LogP contribution is -2.04. The SMILES string of the molecule is COc1ccc([CH]CC(C)(C)C)cc1. The quantitative estimate of drug-likeness (QED) is 0.708. The van der Waals surface area contributed by atoms with Crippen LogP contribution in [-0.4, -0.2) is 7.11 Å². The molecule has 77 valence electrons. The fourth-order valence-electron chi connectivity index (χ4n) is 1.16. The first kappa shape index (κ1) is 11.1. The zero-order chi connectivity index (χ0) is 10.6. The van der Waals surface area contributed by atoms with Gasteiger partial charge in [0.2, 0.25) is 0 Å². The van der Waals surface area contributed by atoms with Crippen LogP contribution in [-0.2, 0) is 0 Å². The van der Waals surface area contributed by atoms with Crippen molar-refractivity contribution in [1.29, 1.82) is 0 Å². The molecule has 1 aromatic carbocycles. The monoisotopic (exact) mass is 191 g/mol. The molecule has 0 saturated carbocycles. The van der Waals surface area contributed by atoms with E-state index in [-0.39, 0.29) is 0 Å². The van der Waals surface area contributed by atoms with Crippen LogP contribution in [0.2, 0.25) is 0 Å². The first-order chi connectivity index (χ1) is 6.51. The van der Waals surface area contributed by atoms with Gasteiger partial charge in [0.05, 0.1) is 7.11 Å². The van der Waals surface area contributed by atoms with Gasteiger partial charge in [-0.3, -0.25) is 0 Å². The molecule has 0 heterocycles. The van der Waals surface area contributed by atoms with Crippen molar-refractivity contribution in [1.82, 2.24) is 0 Å². The van der Waals surface area contributed by atoms with E-state index in [2.05, 4.69) is 39.3 Å². The highest BCUT2D eigenvalue weighted by molar-refractivity contribution is 5.31. The maximum atomic E-state index is 5.10. The lowest BCUT2D eigenvalue weighted by molar-refractivity contribution is 0.409. The van der Waals surface area contributed by atoms with Crippen LogP contribution in [0.1, 0.15) is 32.8 Å². The van der Waals surface area contributed by atoms with E-state index in [1.54, 1.807) is 7.11 Å². The highest BCUT2D eigenvalue weighted by atomic mass is 16.5. The second-order valence-electron chi connectivity index (χ2n) is 4.74. The number of hydrogen-bond acceptors (Lipinski definition) is 1. The summed E-state index contributed by atoms with van der Waals surface area (Å²) < 4.78 is 5.10. The second kappa shape index (κ2) is 4.50. The van der Waals surface area contributed by atoms with Crippen LogP contribution in [0, 0.1) is 11.8 Å². The lowest BCUT2D eigenvalue weighted by atomic mass is 9.89. The van der Waals surface area contributed by atoms with Crippen molar-refractivity contribution in [2.75, 3.05) is 7.11 Å². The molecule has 0 aromatic heterocycles. The van der Waals surface area contributed by atoms with Gasteiger partial charge in [0, 0.05) is 0 Å². The van der Waals surface area contributed by atoms with Gasteiger partial charge in [-0.1, -0.05) is 32.9 Å². The van der Waals surface area contributed by atoms with Crippen molar-refractivity contribution in [3.05, 3.63) is 36.2 Å². The molecule has 1 rings (SSSR count). The first-order valence-corrected chi connectivity index (χ1v) is 4.98. The smallest absolute Gasteiger partial charge is 0.118 e. The van der Waals surface area contributed by atoms with Gasteiger partial charge in [0.25, 0.3) is 0 Å². The Morgan fingerprint density at radius 1 is 1.14 bits per heavy atom. The molecule has 0 N–H and O–H groups in total. The Kier molecular flexibility index (Phi) is 3.56. The summed E-state index contributed by atoms with van der Waals surface area (Å²) in [7, 11) is 1.69. The maximum absolute atomic E-state index is 5.10. The number of methoxy groups -OCH3 is 1. The van der Waals surface area contributed by atoms with E-state index in [9.17, 15) is 0 Å². The molecular formula is C13H19O. The predicted octanol–water partition coefficient (Wildman–Crippen LogP) is 3.68. The van der Waals surface area contributed by atoms with Crippen molar-refractivity contribution in [3.63, 3.8) is 0 Å². The Morgan fingerprint density at radius 2 is 1.71 bits per heavy atom. The Balaban J connectivity index is 2.52. The summed E-state index contributed by atoms with van der Waals surface area (Å²) in [4.78, 5) is 0. The molecule has 0 saturated heterocycles. The molecule has 1 radical (unpaired) electrons. The Hall–Kier alpha value is -0.980. The standard InChI is InChI=1S/C13H19O/c1-13(2,3)10-9-11-5-7-12(14-4)8-6-11/h5-9H,10H2,1-4H3. The number of hydrogen-bond donors (Lipinski definition) is 0. The predicted molar refractivity (Wildman–Crippen MR) is 60.5 cm³/mol. The van der Waals surface area contributed by atoms with E-state index in [0.717, 1.165) is 12.2 Å². The maximum Gasteiger partial charge on any atom is 0.118 e. The highest BCUT2D eigenvalue weighted by Gasteiger charge is 2.09. The first-order valence-electron chi connectivity index (χ1n) is 4.98. The molecule has 0 bridgehead atoms. The summed E-state index contributed by atoms with van der Waals surface area (Å²) in [6.45, 7) is 6.73. The fourth-order valence-corrected chi connectivity index (χ4v) is 1.16. The van der Waals surface area contributed by atoms with Crippen LogP contribution in [0.5, 0.6) is 5.75 Å². The molecule has 0 fully saturated rings. The molecular weight excluding hydrogens is 172 g/mol. The van der Waals surface area contributed by atoms with Crippen molar-refractivity contribution in [2.45, 2.75) is 27.2 Å². The molecule has 0 unspecified atom stereocenters. The van der Waals surface area contributed by atoms with E-state index in [0.29, 0.717) is 5.41 Å². The van der Waals surface area contributed by atoms with Crippen LogP contribution in [0.4, 0.5) is 0 Å². The minimum Gasteiger partial charge on any atom is -0.497 e. The molecule has 14 heavy (non-hydrogen) atoms. The number of ether oxygens (including phenoxy) is 1. The van der Waals surface area contributed by atoms with Crippen LogP contribution >= 0.6 is 0 Å². The van der Waals surface area contributed by atoms with E-state index < -0.39 is 0 Å². The third-order valence-corrected chi connectivity index (χ3v) is 2.07. The summed E-state index contributed by atoms with van der Waals surface area (Å²) in [6, 6.07) is 8.16. The molecule has 0 amide bonds. The van der Waals surface area contributed by atoms with E-state index in [4.69, 9.17) is 4.74 Å². The van der Waals surface area contributed by atoms with Crippen LogP contribution < -0.4 is 4.74 Å². The van der Waals surface area contributed by atoms with Gasteiger partial charge >= 0.3 is 0 Å². The highest BCUT2D eigenvalue weighted by Crippen LogP contribution is 2.23. The van der Waals surface area contributed by atoms with Gasteiger partial charge in [-0.2, -0.15) is 0 Å². The second-order valence-corrected chi connectivity index (χ2v) is 4.74. The van der Waals surface area contributed by atoms with Gasteiger partial charge in [-0.15, -0.1) is 0 Å². The fraction of sp³-hybridized carbons (Fsp3) is 0.462. The molecule has 0 atom stereocenters. The summed E-state index contributed by atoms with van der Waals surface area (Å²) in [5.74, 6) is 0.915. The van der Waals surface area contributed by atoms with Gasteiger partial charge in [-0.05, 0) is 36.0 Å². The zero-order valence-electron chi connectivity index (χ0n) is 9.50. The largest absolute Gasteiger partial charge is 0.497 e. The average Bonchev–Trinajstić information content (AvgIpc) is 2.14. The lowest BCUT2D eigenvalue weighted by Gasteiger charge is -2.17. The Labute approximate surface area is 87.1 Å². The van der Waals surface area contributed by atoms with Crippen LogP contribution in [0.25, 0.3) is 0 Å². The summed E-state index contributed by atoms with van der Waals surface area (Å²) in [5.41, 5.74) is 1.63. The van der Waals surface area contributed by atoms with E-state index in [1.807, 2.05) is 12.1 Å². The summed E-state index contributed by atoms with van der Waals surface area (Å²) in [6.07, 6.45) is 3.36. The number of benzene rings is 1. The van der Waals surface area contributed by atoms with Gasteiger partial charge < -0.3 is 4.74 Å². The summed E-state index contributed by atoms with van der Waals surface area (Å²) >= 11 is 0. The number of rotatable bonds is 3. The van der Waals surface area contributed by atoms with Gasteiger partial charge in [0.15, 0.2) is 0 Å². The molecule has 0 spiro atoms. The van der Waals surface area contributed by atoms with E-state index in [1.165, 1.54) is 5.56 Å². The normalized spacial score (nSPS) is 11.4. The van der Waals surface area contributed by atoms with Crippen LogP contribution in [0.15, 0.2) is 24.3 Å². The summed E-state index contributed by atoms with van der Waals surface area (Å²) in [5, 5.41) is 0. The third-order valence-electron chi connectivity index (χ3n) is 2.07. The van der Waals surface area contributed by atoms with E-state index >= 15 is 0 Å². The third kappa shape index (κ3) is 3.82. The molecule has 1 aromatic rings. The molecule has 0 aliphatic carbocycles. The Morgan fingerprint density at radius 3 is 2.14 bits per heavy atom. The van der Waals surface area contributed by atoms with Crippen molar-refractivity contribution in [3.8, 4) is 5.75 Å².